The molecule has 0 saturated carbocycles. The van der Waals surface area contributed by atoms with Gasteiger partial charge in [-0.2, -0.15) is 0 Å². The first-order chi connectivity index (χ1) is 4.74. The lowest BCUT2D eigenvalue weighted by Gasteiger charge is -2.04. The summed E-state index contributed by atoms with van der Waals surface area (Å²) in [6.45, 7) is 8.99. The summed E-state index contributed by atoms with van der Waals surface area (Å²) >= 11 is 0. The van der Waals surface area contributed by atoms with Crippen molar-refractivity contribution in [2.24, 2.45) is 5.92 Å². The van der Waals surface area contributed by atoms with Crippen molar-refractivity contribution in [2.75, 3.05) is 0 Å². The van der Waals surface area contributed by atoms with Gasteiger partial charge >= 0.3 is 0 Å². The SMILES string of the molecule is CCC(=CC(C)CC)CC. The Kier molecular flexibility index (Phi) is 5.38. The van der Waals surface area contributed by atoms with Crippen LogP contribution in [-0.4, -0.2) is 0 Å². The maximum atomic E-state index is 2.42. The minimum Gasteiger partial charge on any atom is -0.0825 e. The van der Waals surface area contributed by atoms with Crippen molar-refractivity contribution in [1.82, 2.24) is 0 Å². The zero-order valence-electron chi connectivity index (χ0n) is 7.78. The highest BCUT2D eigenvalue weighted by Gasteiger charge is 1.94. The molecule has 0 radical (unpaired) electrons. The first-order valence-corrected chi connectivity index (χ1v) is 4.44. The van der Waals surface area contributed by atoms with Gasteiger partial charge in [0.05, 0.1) is 0 Å². The van der Waals surface area contributed by atoms with E-state index in [2.05, 4.69) is 33.8 Å². The zero-order chi connectivity index (χ0) is 7.98. The van der Waals surface area contributed by atoms with Crippen LogP contribution in [0.15, 0.2) is 11.6 Å². The van der Waals surface area contributed by atoms with Gasteiger partial charge in [0, 0.05) is 0 Å². The molecule has 60 valence electrons. The summed E-state index contributed by atoms with van der Waals surface area (Å²) in [5.41, 5.74) is 1.61. The first kappa shape index (κ1) is 9.74. The lowest BCUT2D eigenvalue weighted by atomic mass is 10.0. The quantitative estimate of drug-likeness (QED) is 0.521. The van der Waals surface area contributed by atoms with Crippen LogP contribution in [-0.2, 0) is 0 Å². The highest BCUT2D eigenvalue weighted by atomic mass is 14.0. The number of allylic oxidation sites excluding steroid dienone is 2. The molecule has 0 aromatic rings. The summed E-state index contributed by atoms with van der Waals surface area (Å²) in [5, 5.41) is 0. The van der Waals surface area contributed by atoms with Gasteiger partial charge in [0.2, 0.25) is 0 Å². The monoisotopic (exact) mass is 140 g/mol. The van der Waals surface area contributed by atoms with Gasteiger partial charge in [-0.05, 0) is 18.8 Å². The molecule has 10 heavy (non-hydrogen) atoms. The van der Waals surface area contributed by atoms with Crippen molar-refractivity contribution >= 4 is 0 Å². The van der Waals surface area contributed by atoms with Crippen LogP contribution in [0, 0.1) is 5.92 Å². The topological polar surface area (TPSA) is 0 Å². The minimum atomic E-state index is 0.773. The van der Waals surface area contributed by atoms with Crippen molar-refractivity contribution in [3.63, 3.8) is 0 Å². The lowest BCUT2D eigenvalue weighted by Crippen LogP contribution is -1.88. The van der Waals surface area contributed by atoms with E-state index in [1.165, 1.54) is 19.3 Å². The predicted octanol–water partition coefficient (Wildman–Crippen LogP) is 3.78. The third-order valence-corrected chi connectivity index (χ3v) is 2.07. The third kappa shape index (κ3) is 3.71. The Labute approximate surface area is 65.3 Å². The number of rotatable bonds is 4. The van der Waals surface area contributed by atoms with E-state index in [0.29, 0.717) is 0 Å². The van der Waals surface area contributed by atoms with E-state index in [1.54, 1.807) is 5.57 Å². The number of hydrogen-bond donors (Lipinski definition) is 0. The van der Waals surface area contributed by atoms with E-state index in [9.17, 15) is 0 Å². The second kappa shape index (κ2) is 5.52. The first-order valence-electron chi connectivity index (χ1n) is 4.44. The summed E-state index contributed by atoms with van der Waals surface area (Å²) in [7, 11) is 0. The van der Waals surface area contributed by atoms with Crippen molar-refractivity contribution in [2.45, 2.75) is 47.0 Å². The minimum absolute atomic E-state index is 0.773. The largest absolute Gasteiger partial charge is 0.0825 e. The maximum absolute atomic E-state index is 2.42. The van der Waals surface area contributed by atoms with Crippen LogP contribution in [0.4, 0.5) is 0 Å². The van der Waals surface area contributed by atoms with Gasteiger partial charge in [0.15, 0.2) is 0 Å². The van der Waals surface area contributed by atoms with E-state index in [4.69, 9.17) is 0 Å². The molecule has 0 spiro atoms. The molecule has 0 saturated heterocycles. The van der Waals surface area contributed by atoms with Crippen molar-refractivity contribution < 1.29 is 0 Å². The Morgan fingerprint density at radius 3 is 2.00 bits per heavy atom. The van der Waals surface area contributed by atoms with E-state index in [1.807, 2.05) is 0 Å². The molecule has 0 aromatic heterocycles. The van der Waals surface area contributed by atoms with Gasteiger partial charge in [-0.3, -0.25) is 0 Å². The average molecular weight is 140 g/mol. The lowest BCUT2D eigenvalue weighted by molar-refractivity contribution is 0.685. The van der Waals surface area contributed by atoms with E-state index >= 15 is 0 Å². The van der Waals surface area contributed by atoms with Crippen LogP contribution in [0.25, 0.3) is 0 Å². The zero-order valence-corrected chi connectivity index (χ0v) is 7.78. The molecule has 0 aliphatic rings. The van der Waals surface area contributed by atoms with Crippen LogP contribution < -0.4 is 0 Å². The Morgan fingerprint density at radius 1 is 1.20 bits per heavy atom. The molecule has 0 heteroatoms. The van der Waals surface area contributed by atoms with Crippen molar-refractivity contribution in [3.8, 4) is 0 Å². The molecule has 0 heterocycles. The fourth-order valence-corrected chi connectivity index (χ4v) is 1.01. The Bertz CT molecular complexity index is 94.6. The summed E-state index contributed by atoms with van der Waals surface area (Å²) < 4.78 is 0. The summed E-state index contributed by atoms with van der Waals surface area (Å²) in [6.07, 6.45) is 6.13. The summed E-state index contributed by atoms with van der Waals surface area (Å²) in [4.78, 5) is 0. The summed E-state index contributed by atoms with van der Waals surface area (Å²) in [6, 6.07) is 0. The molecule has 0 nitrogen and oxygen atoms in total. The fourth-order valence-electron chi connectivity index (χ4n) is 1.01. The van der Waals surface area contributed by atoms with Crippen LogP contribution in [0.3, 0.4) is 0 Å². The van der Waals surface area contributed by atoms with E-state index in [-0.39, 0.29) is 0 Å². The second-order valence-corrected chi connectivity index (χ2v) is 2.92. The third-order valence-electron chi connectivity index (χ3n) is 2.07. The Hall–Kier alpha value is -0.260. The van der Waals surface area contributed by atoms with E-state index < -0.39 is 0 Å². The Balaban J connectivity index is 3.83. The fraction of sp³-hybridized carbons (Fsp3) is 0.800. The molecule has 0 bridgehead atoms. The van der Waals surface area contributed by atoms with Gasteiger partial charge in [-0.15, -0.1) is 0 Å². The predicted molar refractivity (Wildman–Crippen MR) is 48.1 cm³/mol. The molecule has 1 atom stereocenters. The van der Waals surface area contributed by atoms with Gasteiger partial charge in [-0.1, -0.05) is 45.8 Å². The second-order valence-electron chi connectivity index (χ2n) is 2.92. The van der Waals surface area contributed by atoms with Crippen molar-refractivity contribution in [1.29, 1.82) is 0 Å². The molecular formula is C10H20. The van der Waals surface area contributed by atoms with Crippen LogP contribution in [0.1, 0.15) is 47.0 Å². The smallest absolute Gasteiger partial charge is 0.0262 e. The molecule has 0 amide bonds. The van der Waals surface area contributed by atoms with Crippen LogP contribution >= 0.6 is 0 Å². The molecule has 0 rings (SSSR count). The highest BCUT2D eigenvalue weighted by Crippen LogP contribution is 2.12. The summed E-state index contributed by atoms with van der Waals surface area (Å²) in [5.74, 6) is 0.773. The van der Waals surface area contributed by atoms with Gasteiger partial charge in [0.25, 0.3) is 0 Å². The normalized spacial score (nSPS) is 12.8. The number of hydrogen-bond acceptors (Lipinski definition) is 0. The average Bonchev–Trinajstić information content (AvgIpc) is 1.99. The molecular weight excluding hydrogens is 120 g/mol. The standard InChI is InChI=1S/C10H20/c1-5-9(4)8-10(6-2)7-3/h8-9H,5-7H2,1-4H3. The molecule has 1 unspecified atom stereocenters. The molecule has 0 fully saturated rings. The highest BCUT2D eigenvalue weighted by molar-refractivity contribution is 5.01. The maximum Gasteiger partial charge on any atom is -0.0262 e. The molecule has 0 aliphatic carbocycles. The van der Waals surface area contributed by atoms with Crippen molar-refractivity contribution in [3.05, 3.63) is 11.6 Å². The van der Waals surface area contributed by atoms with Crippen LogP contribution in [0.5, 0.6) is 0 Å². The Morgan fingerprint density at radius 2 is 1.70 bits per heavy atom. The molecule has 0 aliphatic heterocycles. The molecule has 0 aromatic carbocycles. The van der Waals surface area contributed by atoms with Gasteiger partial charge < -0.3 is 0 Å². The van der Waals surface area contributed by atoms with Gasteiger partial charge in [0.1, 0.15) is 0 Å². The molecule has 0 N–H and O–H groups in total. The van der Waals surface area contributed by atoms with E-state index in [0.717, 1.165) is 5.92 Å². The van der Waals surface area contributed by atoms with Crippen LogP contribution in [0.2, 0.25) is 0 Å². The van der Waals surface area contributed by atoms with Gasteiger partial charge in [-0.25, -0.2) is 0 Å².